The Kier molecular flexibility index (Phi) is 3.87. The normalized spacial score (nSPS) is 27.3. The van der Waals surface area contributed by atoms with E-state index < -0.39 is 5.60 Å². The van der Waals surface area contributed by atoms with Crippen molar-refractivity contribution in [3.63, 3.8) is 0 Å². The van der Waals surface area contributed by atoms with Gasteiger partial charge in [0.2, 0.25) is 0 Å². The van der Waals surface area contributed by atoms with Crippen molar-refractivity contribution < 1.29 is 14.6 Å². The third kappa shape index (κ3) is 2.24. The Morgan fingerprint density at radius 3 is 2.56 bits per heavy atom. The molecule has 2 atom stereocenters. The molecule has 0 aromatic heterocycles. The molecule has 2 rings (SSSR count). The summed E-state index contributed by atoms with van der Waals surface area (Å²) in [7, 11) is 3.23. The number of aliphatic hydroxyl groups is 1. The van der Waals surface area contributed by atoms with Crippen molar-refractivity contribution in [3.05, 3.63) is 22.2 Å². The van der Waals surface area contributed by atoms with Crippen molar-refractivity contribution in [2.75, 3.05) is 14.2 Å². The zero-order valence-corrected chi connectivity index (χ0v) is 12.6. The Morgan fingerprint density at radius 1 is 1.33 bits per heavy atom. The van der Waals surface area contributed by atoms with Gasteiger partial charge in [-0.3, -0.25) is 0 Å². The van der Waals surface area contributed by atoms with Crippen molar-refractivity contribution in [2.24, 2.45) is 5.92 Å². The number of hydrogen-bond acceptors (Lipinski definition) is 3. The molecule has 3 nitrogen and oxygen atoms in total. The van der Waals surface area contributed by atoms with E-state index in [1.807, 2.05) is 12.1 Å². The highest BCUT2D eigenvalue weighted by atomic mass is 79.9. The third-order valence-electron chi connectivity index (χ3n) is 3.72. The lowest BCUT2D eigenvalue weighted by Gasteiger charge is -2.26. The first kappa shape index (κ1) is 13.7. The minimum absolute atomic E-state index is 0.542. The molecule has 1 N–H and O–H groups in total. The van der Waals surface area contributed by atoms with Crippen LogP contribution in [-0.4, -0.2) is 19.3 Å². The Labute approximate surface area is 116 Å². The van der Waals surface area contributed by atoms with Crippen LogP contribution < -0.4 is 9.47 Å². The molecule has 0 spiro atoms. The van der Waals surface area contributed by atoms with Gasteiger partial charge in [0.05, 0.1) is 19.8 Å². The quantitative estimate of drug-likeness (QED) is 0.928. The zero-order valence-electron chi connectivity index (χ0n) is 11.0. The maximum absolute atomic E-state index is 10.8. The van der Waals surface area contributed by atoms with E-state index in [4.69, 9.17) is 9.47 Å². The van der Waals surface area contributed by atoms with Crippen LogP contribution in [0, 0.1) is 5.92 Å². The van der Waals surface area contributed by atoms with Crippen LogP contribution in [0.1, 0.15) is 31.7 Å². The fourth-order valence-corrected chi connectivity index (χ4v) is 3.44. The summed E-state index contributed by atoms with van der Waals surface area (Å²) in [4.78, 5) is 0. The van der Waals surface area contributed by atoms with Crippen molar-refractivity contribution in [2.45, 2.75) is 31.8 Å². The van der Waals surface area contributed by atoms with Gasteiger partial charge < -0.3 is 14.6 Å². The Bertz CT molecular complexity index is 447. The van der Waals surface area contributed by atoms with Gasteiger partial charge in [0.25, 0.3) is 0 Å². The summed E-state index contributed by atoms with van der Waals surface area (Å²) in [6, 6.07) is 3.77. The second-order valence-corrected chi connectivity index (χ2v) is 5.84. The predicted octanol–water partition coefficient (Wildman–Crippen LogP) is 3.47. The fraction of sp³-hybridized carbons (Fsp3) is 0.571. The topological polar surface area (TPSA) is 38.7 Å². The van der Waals surface area contributed by atoms with E-state index in [2.05, 4.69) is 22.9 Å². The van der Waals surface area contributed by atoms with Crippen LogP contribution in [0.25, 0.3) is 0 Å². The van der Waals surface area contributed by atoms with Gasteiger partial charge in [0.1, 0.15) is 16.0 Å². The van der Waals surface area contributed by atoms with Crippen LogP contribution in [-0.2, 0) is 5.60 Å². The third-order valence-corrected chi connectivity index (χ3v) is 4.47. The monoisotopic (exact) mass is 314 g/mol. The summed E-state index contributed by atoms with van der Waals surface area (Å²) >= 11 is 3.48. The number of methoxy groups -OCH3 is 2. The van der Waals surface area contributed by atoms with Gasteiger partial charge >= 0.3 is 0 Å². The number of halogens is 1. The summed E-state index contributed by atoms with van der Waals surface area (Å²) in [5, 5.41) is 10.8. The highest BCUT2D eigenvalue weighted by Crippen LogP contribution is 2.48. The molecule has 0 saturated heterocycles. The maximum atomic E-state index is 10.8. The van der Waals surface area contributed by atoms with Crippen molar-refractivity contribution in [1.29, 1.82) is 0 Å². The van der Waals surface area contributed by atoms with Crippen molar-refractivity contribution >= 4 is 15.9 Å². The van der Waals surface area contributed by atoms with Gasteiger partial charge in [0, 0.05) is 5.56 Å². The zero-order chi connectivity index (χ0) is 13.3. The largest absolute Gasteiger partial charge is 0.495 e. The summed E-state index contributed by atoms with van der Waals surface area (Å²) in [6.45, 7) is 2.17. The molecule has 18 heavy (non-hydrogen) atoms. The molecule has 1 fully saturated rings. The van der Waals surface area contributed by atoms with E-state index in [0.29, 0.717) is 17.4 Å². The van der Waals surface area contributed by atoms with E-state index in [0.717, 1.165) is 29.3 Å². The van der Waals surface area contributed by atoms with E-state index in [1.54, 1.807) is 14.2 Å². The Morgan fingerprint density at radius 2 is 2.06 bits per heavy atom. The van der Waals surface area contributed by atoms with E-state index in [1.165, 1.54) is 0 Å². The summed E-state index contributed by atoms with van der Waals surface area (Å²) in [5.41, 5.74) is 0.0709. The van der Waals surface area contributed by atoms with Gasteiger partial charge in [-0.15, -0.1) is 0 Å². The van der Waals surface area contributed by atoms with Gasteiger partial charge in [0.15, 0.2) is 0 Å². The number of hydrogen-bond donors (Lipinski definition) is 1. The van der Waals surface area contributed by atoms with Gasteiger partial charge in [-0.2, -0.15) is 0 Å². The molecule has 0 amide bonds. The highest BCUT2D eigenvalue weighted by molar-refractivity contribution is 9.10. The molecule has 1 aliphatic rings. The van der Waals surface area contributed by atoms with E-state index in [-0.39, 0.29) is 0 Å². The van der Waals surface area contributed by atoms with E-state index in [9.17, 15) is 5.11 Å². The van der Waals surface area contributed by atoms with Crippen LogP contribution in [0.3, 0.4) is 0 Å². The lowest BCUT2D eigenvalue weighted by atomic mass is 9.90. The van der Waals surface area contributed by atoms with Gasteiger partial charge in [-0.1, -0.05) is 6.92 Å². The van der Waals surface area contributed by atoms with Crippen LogP contribution in [0.5, 0.6) is 11.5 Å². The molecule has 0 aliphatic heterocycles. The summed E-state index contributed by atoms with van der Waals surface area (Å²) in [5.74, 6) is 1.93. The number of ether oxygens (including phenoxy) is 2. The average molecular weight is 315 g/mol. The Hall–Kier alpha value is -0.740. The van der Waals surface area contributed by atoms with Crippen LogP contribution in [0.15, 0.2) is 16.6 Å². The maximum Gasteiger partial charge on any atom is 0.142 e. The molecular formula is C14H19BrO3. The number of rotatable bonds is 3. The molecule has 2 unspecified atom stereocenters. The first-order valence-corrected chi connectivity index (χ1v) is 6.94. The molecule has 4 heteroatoms. The smallest absolute Gasteiger partial charge is 0.142 e. The molecule has 0 radical (unpaired) electrons. The number of benzene rings is 1. The van der Waals surface area contributed by atoms with Crippen LogP contribution in [0.2, 0.25) is 0 Å². The van der Waals surface area contributed by atoms with Crippen LogP contribution >= 0.6 is 15.9 Å². The first-order valence-electron chi connectivity index (χ1n) is 6.15. The summed E-state index contributed by atoms with van der Waals surface area (Å²) in [6.07, 6.45) is 2.61. The average Bonchev–Trinajstić information content (AvgIpc) is 2.70. The van der Waals surface area contributed by atoms with Crippen molar-refractivity contribution in [1.82, 2.24) is 0 Å². The van der Waals surface area contributed by atoms with Crippen LogP contribution in [0.4, 0.5) is 0 Å². The van der Waals surface area contributed by atoms with Crippen molar-refractivity contribution in [3.8, 4) is 11.5 Å². The summed E-state index contributed by atoms with van der Waals surface area (Å²) < 4.78 is 11.5. The standard InChI is InChI=1S/C14H19BrO3/c1-9-6-7-14(16,8-9)10-4-5-11(17-2)12(15)13(10)18-3/h4-5,9,16H,6-8H2,1-3H3. The minimum Gasteiger partial charge on any atom is -0.495 e. The van der Waals surface area contributed by atoms with E-state index >= 15 is 0 Å². The lowest BCUT2D eigenvalue weighted by molar-refractivity contribution is 0.0381. The molecule has 0 heterocycles. The molecule has 100 valence electrons. The van der Waals surface area contributed by atoms with Gasteiger partial charge in [-0.25, -0.2) is 0 Å². The molecule has 1 aliphatic carbocycles. The molecular weight excluding hydrogens is 296 g/mol. The Balaban J connectivity index is 2.48. The first-order chi connectivity index (χ1) is 8.51. The molecule has 1 saturated carbocycles. The molecule has 0 bridgehead atoms. The molecule has 1 aromatic carbocycles. The van der Waals surface area contributed by atoms with Gasteiger partial charge in [-0.05, 0) is 53.2 Å². The SMILES string of the molecule is COc1ccc(C2(O)CCC(C)C2)c(OC)c1Br. The molecule has 1 aromatic rings. The predicted molar refractivity (Wildman–Crippen MR) is 74.2 cm³/mol. The highest BCUT2D eigenvalue weighted by Gasteiger charge is 2.39. The fourth-order valence-electron chi connectivity index (χ4n) is 2.77. The lowest BCUT2D eigenvalue weighted by Crippen LogP contribution is -2.22. The minimum atomic E-state index is -0.778. The second kappa shape index (κ2) is 5.10. The second-order valence-electron chi connectivity index (χ2n) is 5.04.